The fourth-order valence-electron chi connectivity index (χ4n) is 5.00. The van der Waals surface area contributed by atoms with E-state index in [1.807, 2.05) is 11.9 Å². The SMILES string of the molecule is CN1CCN(Cc2ccc(NC(=O)c3cccc(Oc4nc(-c5ccncc5)nc5c4ncn5C)c3)cc2C(F)(F)F)CC1. The van der Waals surface area contributed by atoms with Crippen molar-refractivity contribution >= 4 is 22.8 Å². The molecule has 1 N–H and O–H groups in total. The van der Waals surface area contributed by atoms with Crippen LogP contribution in [0.15, 0.2) is 73.3 Å². The second-order valence-corrected chi connectivity index (χ2v) is 10.6. The Morgan fingerprint density at radius 3 is 2.50 bits per heavy atom. The van der Waals surface area contributed by atoms with Crippen LogP contribution in [0.25, 0.3) is 22.6 Å². The number of likely N-dealkylation sites (N-methyl/N-ethyl adjacent to an activating group) is 1. The standard InChI is InChI=1S/C31H29F3N8O2/c1-40-12-14-42(15-13-40)18-22-6-7-23(17-25(22)31(32,33)34)37-29(43)21-4-3-5-24(16-21)44-30-26-28(41(2)19-36-26)38-27(39-30)20-8-10-35-11-9-20/h3-11,16-17,19H,12-15,18H2,1-2H3,(H,37,43). The summed E-state index contributed by atoms with van der Waals surface area (Å²) in [7, 11) is 3.80. The van der Waals surface area contributed by atoms with Crippen LogP contribution >= 0.6 is 0 Å². The number of nitrogens with one attached hydrogen (secondary N) is 1. The zero-order valence-electron chi connectivity index (χ0n) is 24.0. The number of imidazole rings is 1. The van der Waals surface area contributed by atoms with Crippen LogP contribution in [0.3, 0.4) is 0 Å². The number of carbonyl (C=O) groups is 1. The maximum absolute atomic E-state index is 14.0. The highest BCUT2D eigenvalue weighted by atomic mass is 19.4. The second kappa shape index (κ2) is 12.0. The van der Waals surface area contributed by atoms with E-state index in [1.165, 1.54) is 18.2 Å². The molecule has 0 unspecified atom stereocenters. The predicted octanol–water partition coefficient (Wildman–Crippen LogP) is 5.24. The first kappa shape index (κ1) is 29.2. The number of benzene rings is 2. The van der Waals surface area contributed by atoms with Crippen LogP contribution in [0.1, 0.15) is 21.5 Å². The Balaban J connectivity index is 1.22. The van der Waals surface area contributed by atoms with Crippen molar-refractivity contribution < 1.29 is 22.7 Å². The van der Waals surface area contributed by atoms with Gasteiger partial charge in [-0.15, -0.1) is 0 Å². The number of amides is 1. The van der Waals surface area contributed by atoms with E-state index in [2.05, 4.69) is 30.2 Å². The maximum atomic E-state index is 14.0. The van der Waals surface area contributed by atoms with Crippen molar-refractivity contribution in [1.29, 1.82) is 0 Å². The molecule has 1 amide bonds. The lowest BCUT2D eigenvalue weighted by molar-refractivity contribution is -0.138. The number of aryl methyl sites for hydroxylation is 1. The number of anilines is 1. The van der Waals surface area contributed by atoms with Crippen LogP contribution in [-0.4, -0.2) is 73.4 Å². The monoisotopic (exact) mass is 602 g/mol. The van der Waals surface area contributed by atoms with Gasteiger partial charge in [0.1, 0.15) is 5.75 Å². The molecule has 10 nitrogen and oxygen atoms in total. The fraction of sp³-hybridized carbons (Fsp3) is 0.258. The molecule has 44 heavy (non-hydrogen) atoms. The number of ether oxygens (including phenoxy) is 1. The summed E-state index contributed by atoms with van der Waals surface area (Å²) in [4.78, 5) is 34.9. The van der Waals surface area contributed by atoms with Crippen molar-refractivity contribution in [2.45, 2.75) is 12.7 Å². The largest absolute Gasteiger partial charge is 0.437 e. The molecule has 0 radical (unpaired) electrons. The van der Waals surface area contributed by atoms with Crippen molar-refractivity contribution in [1.82, 2.24) is 34.3 Å². The molecule has 4 heterocycles. The van der Waals surface area contributed by atoms with E-state index in [9.17, 15) is 18.0 Å². The number of fused-ring (bicyclic) bond motifs is 1. The average molecular weight is 603 g/mol. The predicted molar refractivity (Wildman–Crippen MR) is 158 cm³/mol. The summed E-state index contributed by atoms with van der Waals surface area (Å²) in [6.07, 6.45) is 0.291. The molecule has 3 aromatic heterocycles. The van der Waals surface area contributed by atoms with Crippen LogP contribution in [0.5, 0.6) is 11.6 Å². The maximum Gasteiger partial charge on any atom is 0.416 e. The van der Waals surface area contributed by atoms with Crippen LogP contribution in [0, 0.1) is 0 Å². The first-order valence-corrected chi connectivity index (χ1v) is 13.9. The highest BCUT2D eigenvalue weighted by Crippen LogP contribution is 2.35. The third kappa shape index (κ3) is 6.38. The molecule has 1 aliphatic heterocycles. The molecule has 0 atom stereocenters. The number of piperazine rings is 1. The lowest BCUT2D eigenvalue weighted by Crippen LogP contribution is -2.44. The van der Waals surface area contributed by atoms with E-state index in [0.29, 0.717) is 35.8 Å². The first-order valence-electron chi connectivity index (χ1n) is 13.9. The molecule has 226 valence electrons. The zero-order chi connectivity index (χ0) is 30.8. The third-order valence-electron chi connectivity index (χ3n) is 7.44. The summed E-state index contributed by atoms with van der Waals surface area (Å²) in [5.41, 5.74) is 1.35. The molecule has 0 aliphatic carbocycles. The quantitative estimate of drug-likeness (QED) is 0.270. The minimum atomic E-state index is -4.57. The summed E-state index contributed by atoms with van der Waals surface area (Å²) in [6, 6.07) is 13.8. The Morgan fingerprint density at radius 2 is 1.75 bits per heavy atom. The van der Waals surface area contributed by atoms with Crippen molar-refractivity contribution in [2.75, 3.05) is 38.5 Å². The number of aromatic nitrogens is 5. The van der Waals surface area contributed by atoms with Gasteiger partial charge in [-0.2, -0.15) is 18.2 Å². The molecular formula is C31H29F3N8O2. The van der Waals surface area contributed by atoms with Gasteiger partial charge in [-0.05, 0) is 55.1 Å². The average Bonchev–Trinajstić information content (AvgIpc) is 3.39. The van der Waals surface area contributed by atoms with Crippen LogP contribution in [-0.2, 0) is 19.8 Å². The Bertz CT molecular complexity index is 1800. The van der Waals surface area contributed by atoms with Gasteiger partial charge in [0.25, 0.3) is 11.8 Å². The van der Waals surface area contributed by atoms with E-state index in [1.54, 1.807) is 60.7 Å². The van der Waals surface area contributed by atoms with Gasteiger partial charge in [-0.1, -0.05) is 12.1 Å². The number of hydrogen-bond donors (Lipinski definition) is 1. The molecule has 1 fully saturated rings. The summed E-state index contributed by atoms with van der Waals surface area (Å²) < 4.78 is 49.9. The van der Waals surface area contributed by atoms with Crippen LogP contribution in [0.4, 0.5) is 18.9 Å². The number of nitrogens with zero attached hydrogens (tertiary/aromatic N) is 7. The molecule has 1 saturated heterocycles. The fourth-order valence-corrected chi connectivity index (χ4v) is 5.00. The number of rotatable bonds is 7. The van der Waals surface area contributed by atoms with Crippen LogP contribution < -0.4 is 10.1 Å². The number of pyridine rings is 1. The number of alkyl halides is 3. The number of hydrogen-bond acceptors (Lipinski definition) is 8. The van der Waals surface area contributed by atoms with Gasteiger partial charge in [-0.25, -0.2) is 9.97 Å². The van der Waals surface area contributed by atoms with Gasteiger partial charge >= 0.3 is 6.18 Å². The lowest BCUT2D eigenvalue weighted by atomic mass is 10.0. The van der Waals surface area contributed by atoms with Crippen molar-refractivity contribution in [2.24, 2.45) is 7.05 Å². The van der Waals surface area contributed by atoms with E-state index < -0.39 is 17.6 Å². The highest BCUT2D eigenvalue weighted by molar-refractivity contribution is 6.04. The molecule has 5 aromatic rings. The van der Waals surface area contributed by atoms with E-state index >= 15 is 0 Å². The Kier molecular flexibility index (Phi) is 7.97. The summed E-state index contributed by atoms with van der Waals surface area (Å²) in [5, 5.41) is 2.60. The Morgan fingerprint density at radius 1 is 0.977 bits per heavy atom. The summed E-state index contributed by atoms with van der Waals surface area (Å²) in [6.45, 7) is 3.17. The molecule has 0 saturated carbocycles. The number of carbonyl (C=O) groups excluding carboxylic acids is 1. The van der Waals surface area contributed by atoms with E-state index in [-0.39, 0.29) is 29.2 Å². The molecular weight excluding hydrogens is 573 g/mol. The van der Waals surface area contributed by atoms with Crippen molar-refractivity contribution in [3.05, 3.63) is 90.0 Å². The minimum absolute atomic E-state index is 0.0451. The second-order valence-electron chi connectivity index (χ2n) is 10.6. The van der Waals surface area contributed by atoms with Crippen molar-refractivity contribution in [3.63, 3.8) is 0 Å². The van der Waals surface area contributed by atoms with Gasteiger partial charge < -0.3 is 19.5 Å². The first-order chi connectivity index (χ1) is 21.1. The minimum Gasteiger partial charge on any atom is -0.437 e. The lowest BCUT2D eigenvalue weighted by Gasteiger charge is -2.33. The summed E-state index contributed by atoms with van der Waals surface area (Å²) >= 11 is 0. The topological polar surface area (TPSA) is 101 Å². The van der Waals surface area contributed by atoms with E-state index in [0.717, 1.165) is 24.7 Å². The van der Waals surface area contributed by atoms with Gasteiger partial charge in [0, 0.05) is 69.0 Å². The third-order valence-corrected chi connectivity index (χ3v) is 7.44. The van der Waals surface area contributed by atoms with Gasteiger partial charge in [-0.3, -0.25) is 14.7 Å². The molecule has 1 aliphatic rings. The normalized spacial score (nSPS) is 14.6. The van der Waals surface area contributed by atoms with Crippen LogP contribution in [0.2, 0.25) is 0 Å². The molecule has 13 heteroatoms. The smallest absolute Gasteiger partial charge is 0.416 e. The van der Waals surface area contributed by atoms with Gasteiger partial charge in [0.2, 0.25) is 0 Å². The molecule has 6 rings (SSSR count). The molecule has 0 bridgehead atoms. The molecule has 2 aromatic carbocycles. The van der Waals surface area contributed by atoms with Crippen molar-refractivity contribution in [3.8, 4) is 23.0 Å². The Labute approximate surface area is 251 Å². The van der Waals surface area contributed by atoms with Gasteiger partial charge in [0.15, 0.2) is 17.0 Å². The van der Waals surface area contributed by atoms with E-state index in [4.69, 9.17) is 4.74 Å². The highest BCUT2D eigenvalue weighted by Gasteiger charge is 2.34. The molecule has 0 spiro atoms. The number of halogens is 3. The van der Waals surface area contributed by atoms with Gasteiger partial charge in [0.05, 0.1) is 11.9 Å². The summed E-state index contributed by atoms with van der Waals surface area (Å²) in [5.74, 6) is 0.302. The Hall–Kier alpha value is -4.88. The zero-order valence-corrected chi connectivity index (χ0v) is 24.0.